The average Bonchev–Trinajstić information content (AvgIpc) is 2.86. The largest absolute Gasteiger partial charge is 0.354 e. The lowest BCUT2D eigenvalue weighted by Gasteiger charge is -2.54. The van der Waals surface area contributed by atoms with Gasteiger partial charge < -0.3 is 10.3 Å². The number of aryl methyl sites for hydroxylation is 1. The number of hydrogen-bond acceptors (Lipinski definition) is 2. The molecule has 0 atom stereocenters. The first kappa shape index (κ1) is 15.9. The van der Waals surface area contributed by atoms with E-state index in [2.05, 4.69) is 10.3 Å². The number of carbonyl (C=O) groups excluding carboxylic acids is 2. The summed E-state index contributed by atoms with van der Waals surface area (Å²) in [6.07, 6.45) is 7.29. The van der Waals surface area contributed by atoms with Crippen LogP contribution >= 0.6 is 0 Å². The minimum absolute atomic E-state index is 0.0140. The normalized spacial score (nSPS) is 33.7. The van der Waals surface area contributed by atoms with Crippen LogP contribution in [0, 0.1) is 30.6 Å². The molecular weight excluding hydrogens is 300 g/mol. The standard InChI is InChI=1S/C20H28N2O2/c1-4-16-17(11(3)23)10(2)21-19(16)20(24)22-18-14-6-12-5-13(8-14)9-15(18)7-12/h12-15,18,21H,4-9H2,1-3H3,(H,22,24). The number of carbonyl (C=O) groups is 2. The van der Waals surface area contributed by atoms with Gasteiger partial charge in [0.15, 0.2) is 5.78 Å². The second-order valence-corrected chi connectivity index (χ2v) is 8.32. The van der Waals surface area contributed by atoms with Crippen molar-refractivity contribution in [3.8, 4) is 0 Å². The Morgan fingerprint density at radius 2 is 1.67 bits per heavy atom. The SMILES string of the molecule is CCc1c(C(=O)NC2C3CC4CC(C3)CC2C4)[nH]c(C)c1C(C)=O. The second kappa shape index (κ2) is 5.75. The topological polar surface area (TPSA) is 62.0 Å². The van der Waals surface area contributed by atoms with Gasteiger partial charge in [0.05, 0.1) is 0 Å². The molecule has 4 heteroatoms. The maximum atomic E-state index is 13.0. The van der Waals surface area contributed by atoms with Crippen molar-refractivity contribution >= 4 is 11.7 Å². The molecule has 0 saturated heterocycles. The second-order valence-electron chi connectivity index (χ2n) is 8.32. The van der Waals surface area contributed by atoms with Gasteiger partial charge in [-0.1, -0.05) is 6.92 Å². The van der Waals surface area contributed by atoms with E-state index in [0.717, 1.165) is 23.1 Å². The van der Waals surface area contributed by atoms with Crippen molar-refractivity contribution in [1.82, 2.24) is 10.3 Å². The number of aromatic nitrogens is 1. The van der Waals surface area contributed by atoms with Crippen molar-refractivity contribution in [2.45, 2.75) is 65.3 Å². The lowest BCUT2D eigenvalue weighted by Crippen LogP contribution is -2.55. The highest BCUT2D eigenvalue weighted by atomic mass is 16.2. The zero-order chi connectivity index (χ0) is 17.0. The summed E-state index contributed by atoms with van der Waals surface area (Å²) in [6.45, 7) is 5.47. The van der Waals surface area contributed by atoms with Gasteiger partial charge in [0.2, 0.25) is 0 Å². The Morgan fingerprint density at radius 1 is 1.08 bits per heavy atom. The van der Waals surface area contributed by atoms with E-state index in [1.807, 2.05) is 13.8 Å². The molecule has 4 nitrogen and oxygen atoms in total. The molecule has 4 aliphatic rings. The molecule has 130 valence electrons. The van der Waals surface area contributed by atoms with E-state index in [4.69, 9.17) is 0 Å². The number of nitrogens with one attached hydrogen (secondary N) is 2. The molecule has 1 aromatic heterocycles. The Hall–Kier alpha value is -1.58. The van der Waals surface area contributed by atoms with Crippen molar-refractivity contribution in [3.63, 3.8) is 0 Å². The number of ketones is 1. The molecule has 0 aliphatic heterocycles. The lowest BCUT2D eigenvalue weighted by atomic mass is 9.54. The third kappa shape index (κ3) is 2.42. The zero-order valence-corrected chi connectivity index (χ0v) is 14.9. The lowest BCUT2D eigenvalue weighted by molar-refractivity contribution is -0.0120. The van der Waals surface area contributed by atoms with Crippen LogP contribution in [-0.2, 0) is 6.42 Å². The highest BCUT2D eigenvalue weighted by Gasteiger charge is 2.48. The summed E-state index contributed by atoms with van der Waals surface area (Å²) in [6, 6.07) is 0.333. The van der Waals surface area contributed by atoms with Crippen LogP contribution in [0.15, 0.2) is 0 Å². The van der Waals surface area contributed by atoms with Crippen molar-refractivity contribution in [1.29, 1.82) is 0 Å². The van der Waals surface area contributed by atoms with E-state index in [1.165, 1.54) is 32.1 Å². The average molecular weight is 328 g/mol. The van der Waals surface area contributed by atoms with E-state index < -0.39 is 0 Å². The van der Waals surface area contributed by atoms with Gasteiger partial charge >= 0.3 is 0 Å². The fraction of sp³-hybridized carbons (Fsp3) is 0.700. The molecule has 4 fully saturated rings. The van der Waals surface area contributed by atoms with Crippen molar-refractivity contribution < 1.29 is 9.59 Å². The van der Waals surface area contributed by atoms with Crippen molar-refractivity contribution in [3.05, 3.63) is 22.5 Å². The monoisotopic (exact) mass is 328 g/mol. The van der Waals surface area contributed by atoms with E-state index in [-0.39, 0.29) is 11.7 Å². The van der Waals surface area contributed by atoms with E-state index in [9.17, 15) is 9.59 Å². The van der Waals surface area contributed by atoms with Crippen LogP contribution < -0.4 is 5.32 Å². The van der Waals surface area contributed by atoms with Crippen LogP contribution in [0.3, 0.4) is 0 Å². The quantitative estimate of drug-likeness (QED) is 0.829. The van der Waals surface area contributed by atoms with E-state index in [0.29, 0.717) is 35.6 Å². The number of amides is 1. The Balaban J connectivity index is 1.57. The first-order chi connectivity index (χ1) is 11.5. The maximum Gasteiger partial charge on any atom is 0.268 e. The summed E-state index contributed by atoms with van der Waals surface area (Å²) >= 11 is 0. The predicted molar refractivity (Wildman–Crippen MR) is 93.2 cm³/mol. The Bertz CT molecular complexity index is 660. The van der Waals surface area contributed by atoms with Gasteiger partial charge in [-0.2, -0.15) is 0 Å². The molecule has 4 aliphatic carbocycles. The smallest absolute Gasteiger partial charge is 0.268 e. The molecule has 0 radical (unpaired) electrons. The molecule has 1 amide bonds. The molecule has 0 aromatic carbocycles. The van der Waals surface area contributed by atoms with Crippen molar-refractivity contribution in [2.24, 2.45) is 23.7 Å². The zero-order valence-electron chi connectivity index (χ0n) is 14.9. The molecule has 4 bridgehead atoms. The van der Waals surface area contributed by atoms with Crippen LogP contribution in [0.25, 0.3) is 0 Å². The maximum absolute atomic E-state index is 13.0. The van der Waals surface area contributed by atoms with Gasteiger partial charge in [0, 0.05) is 17.3 Å². The molecule has 0 spiro atoms. The molecule has 1 aromatic rings. The van der Waals surface area contributed by atoms with Gasteiger partial charge in [0.25, 0.3) is 5.91 Å². The van der Waals surface area contributed by atoms with Crippen LogP contribution in [0.2, 0.25) is 0 Å². The van der Waals surface area contributed by atoms with Crippen LogP contribution in [-0.4, -0.2) is 22.7 Å². The molecule has 4 saturated carbocycles. The predicted octanol–water partition coefficient (Wildman–Crippen LogP) is 3.64. The summed E-state index contributed by atoms with van der Waals surface area (Å²) in [5, 5.41) is 3.35. The summed E-state index contributed by atoms with van der Waals surface area (Å²) in [4.78, 5) is 28.1. The third-order valence-corrected chi connectivity index (χ3v) is 6.75. The van der Waals surface area contributed by atoms with Gasteiger partial charge in [-0.25, -0.2) is 0 Å². The van der Waals surface area contributed by atoms with Gasteiger partial charge in [-0.3, -0.25) is 9.59 Å². The van der Waals surface area contributed by atoms with Gasteiger partial charge in [0.1, 0.15) is 5.69 Å². The summed E-state index contributed by atoms with van der Waals surface area (Å²) in [7, 11) is 0. The third-order valence-electron chi connectivity index (χ3n) is 6.75. The summed E-state index contributed by atoms with van der Waals surface area (Å²) in [5.74, 6) is 3.17. The number of hydrogen-bond donors (Lipinski definition) is 2. The first-order valence-electron chi connectivity index (χ1n) is 9.51. The number of rotatable bonds is 4. The summed E-state index contributed by atoms with van der Waals surface area (Å²) in [5.41, 5.74) is 3.00. The van der Waals surface area contributed by atoms with Crippen LogP contribution in [0.5, 0.6) is 0 Å². The summed E-state index contributed by atoms with van der Waals surface area (Å²) < 4.78 is 0. The molecule has 1 heterocycles. The van der Waals surface area contributed by atoms with E-state index >= 15 is 0 Å². The van der Waals surface area contributed by atoms with Gasteiger partial charge in [-0.15, -0.1) is 0 Å². The molecular formula is C20H28N2O2. The number of H-pyrrole nitrogens is 1. The van der Waals surface area contributed by atoms with Crippen LogP contribution in [0.4, 0.5) is 0 Å². The highest BCUT2D eigenvalue weighted by molar-refractivity contribution is 6.02. The molecule has 0 unspecified atom stereocenters. The Morgan fingerprint density at radius 3 is 2.17 bits per heavy atom. The van der Waals surface area contributed by atoms with Gasteiger partial charge in [-0.05, 0) is 81.6 Å². The first-order valence-corrected chi connectivity index (χ1v) is 9.51. The molecule has 2 N–H and O–H groups in total. The fourth-order valence-corrected chi connectivity index (χ4v) is 6.09. The minimum Gasteiger partial charge on any atom is -0.354 e. The molecule has 24 heavy (non-hydrogen) atoms. The Kier molecular flexibility index (Phi) is 3.81. The van der Waals surface area contributed by atoms with Crippen molar-refractivity contribution in [2.75, 3.05) is 0 Å². The number of Topliss-reactive ketones (excluding diaryl/α,β-unsaturated/α-hetero) is 1. The number of aromatic amines is 1. The fourth-order valence-electron chi connectivity index (χ4n) is 6.09. The highest BCUT2D eigenvalue weighted by Crippen LogP contribution is 2.53. The molecule has 5 rings (SSSR count). The minimum atomic E-state index is -0.0140. The Labute approximate surface area is 143 Å². The van der Waals surface area contributed by atoms with E-state index in [1.54, 1.807) is 6.92 Å². The van der Waals surface area contributed by atoms with Crippen LogP contribution in [0.1, 0.15) is 78.1 Å².